The van der Waals surface area contributed by atoms with Crippen LogP contribution in [0.4, 0.5) is 0 Å². The summed E-state index contributed by atoms with van der Waals surface area (Å²) in [4.78, 5) is 4.14. The average Bonchev–Trinajstić information content (AvgIpc) is 2.40. The van der Waals surface area contributed by atoms with Gasteiger partial charge in [-0.05, 0) is 18.2 Å². The fraction of sp³-hybridized carbons (Fsp3) is 0.500. The zero-order chi connectivity index (χ0) is 13.2. The Morgan fingerprint density at radius 1 is 0.611 bits per heavy atom. The molecular formula is C12H15Br3S3. The lowest BCUT2D eigenvalue weighted by atomic mass is 10.4. The monoisotopic (exact) mass is 492 g/mol. The van der Waals surface area contributed by atoms with Gasteiger partial charge in [0.15, 0.2) is 0 Å². The Hall–Kier alpha value is 1.71. The number of rotatable bonds is 9. The van der Waals surface area contributed by atoms with E-state index in [9.17, 15) is 0 Å². The summed E-state index contributed by atoms with van der Waals surface area (Å²) in [6.45, 7) is 0. The molecule has 18 heavy (non-hydrogen) atoms. The quantitative estimate of drug-likeness (QED) is 0.298. The molecule has 0 aliphatic rings. The summed E-state index contributed by atoms with van der Waals surface area (Å²) in [5, 5.41) is 3.13. The van der Waals surface area contributed by atoms with Crippen LogP contribution in [0.5, 0.6) is 0 Å². The third-order valence-electron chi connectivity index (χ3n) is 1.89. The molecule has 0 N–H and O–H groups in total. The van der Waals surface area contributed by atoms with Crippen molar-refractivity contribution in [2.45, 2.75) is 14.7 Å². The van der Waals surface area contributed by atoms with Gasteiger partial charge in [0, 0.05) is 47.9 Å². The maximum Gasteiger partial charge on any atom is 0.0126 e. The van der Waals surface area contributed by atoms with Gasteiger partial charge in [-0.25, -0.2) is 0 Å². The Labute approximate surface area is 148 Å². The van der Waals surface area contributed by atoms with E-state index >= 15 is 0 Å². The van der Waals surface area contributed by atoms with Gasteiger partial charge in [0.1, 0.15) is 0 Å². The largest absolute Gasteiger partial charge is 0.125 e. The van der Waals surface area contributed by atoms with Crippen LogP contribution in [0.3, 0.4) is 0 Å². The number of hydrogen-bond donors (Lipinski definition) is 0. The topological polar surface area (TPSA) is 0 Å². The minimum Gasteiger partial charge on any atom is -0.125 e. The van der Waals surface area contributed by atoms with Crippen LogP contribution < -0.4 is 0 Å². The molecular weight excluding hydrogens is 480 g/mol. The number of hydrogen-bond acceptors (Lipinski definition) is 3. The predicted octanol–water partition coefficient (Wildman–Crippen LogP) is 6.15. The highest BCUT2D eigenvalue weighted by atomic mass is 79.9. The Morgan fingerprint density at radius 3 is 1.11 bits per heavy atom. The van der Waals surface area contributed by atoms with Gasteiger partial charge in [-0.2, -0.15) is 0 Å². The standard InChI is InChI=1S/C12H15Br3S3/c13-1-4-16-10-7-11(17-5-2-14)9-12(8-10)18-6-3-15/h7-9H,1-6H2. The van der Waals surface area contributed by atoms with Crippen LogP contribution in [0.2, 0.25) is 0 Å². The van der Waals surface area contributed by atoms with Crippen molar-refractivity contribution in [3.05, 3.63) is 18.2 Å². The van der Waals surface area contributed by atoms with E-state index in [1.807, 2.05) is 35.3 Å². The Morgan fingerprint density at radius 2 is 0.889 bits per heavy atom. The molecule has 0 atom stereocenters. The van der Waals surface area contributed by atoms with E-state index in [-0.39, 0.29) is 0 Å². The molecule has 0 nitrogen and oxygen atoms in total. The summed E-state index contributed by atoms with van der Waals surface area (Å²) in [7, 11) is 0. The van der Waals surface area contributed by atoms with Crippen LogP contribution in [-0.2, 0) is 0 Å². The third-order valence-corrected chi connectivity index (χ3v) is 7.59. The predicted molar refractivity (Wildman–Crippen MR) is 100.0 cm³/mol. The molecule has 0 heterocycles. The minimum atomic E-state index is 1.04. The van der Waals surface area contributed by atoms with Crippen molar-refractivity contribution in [2.75, 3.05) is 33.2 Å². The van der Waals surface area contributed by atoms with Crippen molar-refractivity contribution in [3.8, 4) is 0 Å². The van der Waals surface area contributed by atoms with Crippen molar-refractivity contribution >= 4 is 83.1 Å². The molecule has 0 unspecified atom stereocenters. The Bertz CT molecular complexity index is 283. The van der Waals surface area contributed by atoms with Gasteiger partial charge >= 0.3 is 0 Å². The van der Waals surface area contributed by atoms with E-state index in [0.29, 0.717) is 0 Å². The van der Waals surface area contributed by atoms with E-state index in [2.05, 4.69) is 66.0 Å². The zero-order valence-electron chi connectivity index (χ0n) is 9.83. The molecule has 1 aromatic rings. The molecule has 0 bridgehead atoms. The second kappa shape index (κ2) is 11.4. The van der Waals surface area contributed by atoms with Crippen LogP contribution in [0.25, 0.3) is 0 Å². The van der Waals surface area contributed by atoms with E-state index < -0.39 is 0 Å². The van der Waals surface area contributed by atoms with Crippen molar-refractivity contribution in [1.29, 1.82) is 0 Å². The van der Waals surface area contributed by atoms with Crippen molar-refractivity contribution < 1.29 is 0 Å². The highest BCUT2D eigenvalue weighted by Crippen LogP contribution is 2.32. The lowest BCUT2D eigenvalue weighted by Crippen LogP contribution is -1.86. The molecule has 0 aliphatic carbocycles. The first-order chi connectivity index (χ1) is 8.80. The Kier molecular flexibility index (Phi) is 11.2. The first-order valence-corrected chi connectivity index (χ1v) is 11.8. The second-order valence-electron chi connectivity index (χ2n) is 3.25. The van der Waals surface area contributed by atoms with Crippen molar-refractivity contribution in [2.24, 2.45) is 0 Å². The number of alkyl halides is 3. The molecule has 0 fully saturated rings. The van der Waals surface area contributed by atoms with Crippen molar-refractivity contribution in [1.82, 2.24) is 0 Å². The lowest BCUT2D eigenvalue weighted by Gasteiger charge is -2.08. The first kappa shape index (κ1) is 17.8. The normalized spacial score (nSPS) is 10.8. The van der Waals surface area contributed by atoms with Crippen molar-refractivity contribution in [3.63, 3.8) is 0 Å². The smallest absolute Gasteiger partial charge is 0.0126 e. The van der Waals surface area contributed by atoms with Gasteiger partial charge in [0.05, 0.1) is 0 Å². The van der Waals surface area contributed by atoms with Crippen LogP contribution in [0.1, 0.15) is 0 Å². The van der Waals surface area contributed by atoms with Gasteiger partial charge in [0.25, 0.3) is 0 Å². The summed E-state index contributed by atoms with van der Waals surface area (Å²) >= 11 is 16.2. The van der Waals surface area contributed by atoms with E-state index in [1.54, 1.807) is 0 Å². The summed E-state index contributed by atoms with van der Waals surface area (Å²) < 4.78 is 0. The van der Waals surface area contributed by atoms with Crippen LogP contribution in [0, 0.1) is 0 Å². The maximum atomic E-state index is 3.48. The van der Waals surface area contributed by atoms with E-state index in [1.165, 1.54) is 14.7 Å². The SMILES string of the molecule is BrCCSc1cc(SCCBr)cc(SCCBr)c1. The molecule has 0 aromatic heterocycles. The molecule has 0 amide bonds. The molecule has 0 saturated heterocycles. The maximum absolute atomic E-state index is 3.48. The molecule has 0 radical (unpaired) electrons. The minimum absolute atomic E-state index is 1.04. The molecule has 102 valence electrons. The van der Waals surface area contributed by atoms with E-state index in [0.717, 1.165) is 33.2 Å². The lowest BCUT2D eigenvalue weighted by molar-refractivity contribution is 1.23. The summed E-state index contributed by atoms with van der Waals surface area (Å²) in [6.07, 6.45) is 0. The molecule has 1 rings (SSSR count). The van der Waals surface area contributed by atoms with Gasteiger partial charge in [-0.1, -0.05) is 47.8 Å². The molecule has 0 aliphatic heterocycles. The molecule has 0 saturated carbocycles. The molecule has 1 aromatic carbocycles. The fourth-order valence-corrected chi connectivity index (χ4v) is 5.15. The van der Waals surface area contributed by atoms with Crippen LogP contribution in [0.15, 0.2) is 32.9 Å². The summed E-state index contributed by atoms with van der Waals surface area (Å²) in [5.41, 5.74) is 0. The average molecular weight is 495 g/mol. The third kappa shape index (κ3) is 7.48. The number of benzene rings is 1. The van der Waals surface area contributed by atoms with Gasteiger partial charge in [0.2, 0.25) is 0 Å². The number of thioether (sulfide) groups is 3. The molecule has 0 spiro atoms. The molecule has 6 heteroatoms. The first-order valence-electron chi connectivity index (χ1n) is 5.51. The second-order valence-corrected chi connectivity index (χ2v) is 9.14. The van der Waals surface area contributed by atoms with E-state index in [4.69, 9.17) is 0 Å². The van der Waals surface area contributed by atoms with Gasteiger partial charge < -0.3 is 0 Å². The van der Waals surface area contributed by atoms with Gasteiger partial charge in [-0.3, -0.25) is 0 Å². The highest BCUT2D eigenvalue weighted by Gasteiger charge is 2.03. The van der Waals surface area contributed by atoms with Crippen LogP contribution >= 0.6 is 83.1 Å². The summed E-state index contributed by atoms with van der Waals surface area (Å²) in [6, 6.07) is 6.91. The highest BCUT2D eigenvalue weighted by molar-refractivity contribution is 9.09. The van der Waals surface area contributed by atoms with Gasteiger partial charge in [-0.15, -0.1) is 35.3 Å². The summed E-state index contributed by atoms with van der Waals surface area (Å²) in [5.74, 6) is 3.36. The fourth-order valence-electron chi connectivity index (χ4n) is 1.26. The Balaban J connectivity index is 2.74. The van der Waals surface area contributed by atoms with Crippen LogP contribution in [-0.4, -0.2) is 33.2 Å². The zero-order valence-corrected chi connectivity index (χ0v) is 17.0. The number of halogens is 3.